The van der Waals surface area contributed by atoms with Gasteiger partial charge in [0.05, 0.1) is 5.69 Å². The number of aromatic amines is 1. The number of hydrogen-bond acceptors (Lipinski definition) is 5. The zero-order valence-corrected chi connectivity index (χ0v) is 19.3. The van der Waals surface area contributed by atoms with E-state index in [9.17, 15) is 0 Å². The first-order valence-corrected chi connectivity index (χ1v) is 11.5. The molecule has 6 nitrogen and oxygen atoms in total. The molecule has 2 unspecified atom stereocenters. The maximum Gasteiger partial charge on any atom is 0.263 e. The molecule has 0 bridgehead atoms. The van der Waals surface area contributed by atoms with Gasteiger partial charge in [-0.1, -0.05) is 26.8 Å². The molecule has 31 heavy (non-hydrogen) atoms. The number of nitrogens with one attached hydrogen (secondary N) is 2. The Bertz CT molecular complexity index is 1110. The summed E-state index contributed by atoms with van der Waals surface area (Å²) < 4.78 is 7.79. The number of benzene rings is 1. The van der Waals surface area contributed by atoms with Gasteiger partial charge in [-0.25, -0.2) is 4.98 Å². The normalized spacial score (nSPS) is 21.3. The van der Waals surface area contributed by atoms with E-state index in [0.29, 0.717) is 11.8 Å². The maximum absolute atomic E-state index is 5.84. The molecule has 0 saturated heterocycles. The van der Waals surface area contributed by atoms with Crippen molar-refractivity contribution in [2.45, 2.75) is 70.3 Å². The minimum atomic E-state index is 0.0178. The number of nitrogens with zero attached hydrogens (tertiary/aromatic N) is 3. The number of fused-ring (bicyclic) bond motifs is 1. The third-order valence-corrected chi connectivity index (χ3v) is 6.88. The number of aromatic nitrogens is 3. The van der Waals surface area contributed by atoms with Gasteiger partial charge in [0.1, 0.15) is 6.26 Å². The van der Waals surface area contributed by atoms with E-state index in [1.165, 1.54) is 16.8 Å². The van der Waals surface area contributed by atoms with Crippen molar-refractivity contribution in [1.82, 2.24) is 15.2 Å². The second-order valence-corrected chi connectivity index (χ2v) is 10.5. The lowest BCUT2D eigenvalue weighted by Gasteiger charge is -2.14. The highest BCUT2D eigenvalue weighted by molar-refractivity contribution is 7.44. The molecule has 0 radical (unpaired) electrons. The molecule has 1 fully saturated rings. The Kier molecular flexibility index (Phi) is 5.16. The molecule has 2 aliphatic rings. The van der Waals surface area contributed by atoms with Gasteiger partial charge in [0.15, 0.2) is 24.8 Å². The van der Waals surface area contributed by atoms with Crippen molar-refractivity contribution in [3.8, 4) is 0 Å². The van der Waals surface area contributed by atoms with Gasteiger partial charge in [-0.15, -0.1) is 0 Å². The number of hydrogen-bond donors (Lipinski definition) is 2. The van der Waals surface area contributed by atoms with E-state index in [1.807, 2.05) is 10.2 Å². The third kappa shape index (κ3) is 4.28. The minimum absolute atomic E-state index is 0.0178. The summed E-state index contributed by atoms with van der Waals surface area (Å²) in [6.45, 7) is 8.28. The second kappa shape index (κ2) is 7.86. The predicted octanol–water partition coefficient (Wildman–Crippen LogP) is 5.29. The topological polar surface area (TPSA) is 69.8 Å². The van der Waals surface area contributed by atoms with Crippen LogP contribution in [0.1, 0.15) is 80.3 Å². The first-order chi connectivity index (χ1) is 14.8. The molecule has 3 heterocycles. The zero-order valence-electron chi connectivity index (χ0n) is 18.4. The molecule has 1 aliphatic heterocycles. The molecule has 2 aromatic heterocycles. The molecule has 1 saturated carbocycles. The molecular formula is C24H30N5OS+. The van der Waals surface area contributed by atoms with Crippen LogP contribution in [0, 0.1) is 0 Å². The quantitative estimate of drug-likeness (QED) is 0.544. The Hall–Kier alpha value is -2.54. The SMILES string of the molecule is CC(C)(C)c1coc(C2CCC(c3cc(Nc4ccc5c(c4)C[N+](=S)CC5)n[nH]3)C2)n1. The Balaban J connectivity index is 1.25. The lowest BCUT2D eigenvalue weighted by Crippen LogP contribution is -2.19. The van der Waals surface area contributed by atoms with Crippen LogP contribution in [0.4, 0.5) is 11.5 Å². The van der Waals surface area contributed by atoms with Gasteiger partial charge in [-0.05, 0) is 37.0 Å². The Morgan fingerprint density at radius 2 is 2.00 bits per heavy atom. The van der Waals surface area contributed by atoms with Gasteiger partial charge in [0, 0.05) is 46.7 Å². The van der Waals surface area contributed by atoms with E-state index in [1.54, 1.807) is 0 Å². The van der Waals surface area contributed by atoms with Crippen LogP contribution in [-0.4, -0.2) is 25.7 Å². The van der Waals surface area contributed by atoms with Crippen molar-refractivity contribution in [3.63, 3.8) is 0 Å². The fraction of sp³-hybridized carbons (Fsp3) is 0.500. The lowest BCUT2D eigenvalue weighted by atomic mass is 9.93. The maximum atomic E-state index is 5.84. The third-order valence-electron chi connectivity index (χ3n) is 6.57. The average molecular weight is 437 g/mol. The molecular weight excluding hydrogens is 406 g/mol. The van der Waals surface area contributed by atoms with Gasteiger partial charge in [0.2, 0.25) is 0 Å². The summed E-state index contributed by atoms with van der Waals surface area (Å²) in [5.74, 6) is 2.57. The smallest absolute Gasteiger partial charge is 0.263 e. The highest BCUT2D eigenvalue weighted by Gasteiger charge is 2.32. The van der Waals surface area contributed by atoms with Crippen LogP contribution in [0.5, 0.6) is 0 Å². The molecule has 3 aromatic rings. The Morgan fingerprint density at radius 1 is 1.16 bits per heavy atom. The van der Waals surface area contributed by atoms with Crippen molar-refractivity contribution in [3.05, 3.63) is 58.9 Å². The molecule has 0 spiro atoms. The molecule has 5 rings (SSSR count). The number of anilines is 2. The molecule has 1 aromatic carbocycles. The van der Waals surface area contributed by atoms with E-state index in [-0.39, 0.29) is 5.41 Å². The first-order valence-electron chi connectivity index (χ1n) is 11.2. The average Bonchev–Trinajstić information content (AvgIpc) is 3.47. The Morgan fingerprint density at radius 3 is 2.81 bits per heavy atom. The molecule has 2 atom stereocenters. The largest absolute Gasteiger partial charge is 0.448 e. The fourth-order valence-electron chi connectivity index (χ4n) is 4.67. The van der Waals surface area contributed by atoms with Crippen LogP contribution in [0.3, 0.4) is 0 Å². The first kappa shape index (κ1) is 20.4. The predicted molar refractivity (Wildman–Crippen MR) is 123 cm³/mol. The van der Waals surface area contributed by atoms with Crippen molar-refractivity contribution in [1.29, 1.82) is 0 Å². The standard InChI is InChI=1S/C24H30N5OS/c1-24(2,3)21-14-30-23(26-21)17-5-4-16(10-17)20-12-22(28-27-20)25-19-7-6-15-8-9-29(31)13-18(15)11-19/h6-7,11-12,14,16-17H,4-5,8-10,13H2,1-3H3,(H2,25,27,28)/q+1. The van der Waals surface area contributed by atoms with Crippen LogP contribution >= 0.6 is 0 Å². The monoisotopic (exact) mass is 436 g/mol. The summed E-state index contributed by atoms with van der Waals surface area (Å²) in [7, 11) is 0. The van der Waals surface area contributed by atoms with Crippen molar-refractivity contribution in [2.24, 2.45) is 0 Å². The van der Waals surface area contributed by atoms with Crippen molar-refractivity contribution < 1.29 is 8.36 Å². The van der Waals surface area contributed by atoms with Crippen molar-refractivity contribution in [2.75, 3.05) is 11.9 Å². The highest BCUT2D eigenvalue weighted by Crippen LogP contribution is 2.43. The van der Waals surface area contributed by atoms with Gasteiger partial charge in [-0.2, -0.15) is 9.04 Å². The summed E-state index contributed by atoms with van der Waals surface area (Å²) >= 11 is 5.35. The number of rotatable bonds is 4. The van der Waals surface area contributed by atoms with Crippen LogP contribution in [0.15, 0.2) is 34.9 Å². The van der Waals surface area contributed by atoms with E-state index in [0.717, 1.165) is 61.9 Å². The number of H-pyrrole nitrogens is 1. The summed E-state index contributed by atoms with van der Waals surface area (Å²) in [5.41, 5.74) is 5.99. The lowest BCUT2D eigenvalue weighted by molar-refractivity contribution is -0.518. The summed E-state index contributed by atoms with van der Waals surface area (Å²) in [6, 6.07) is 8.68. The van der Waals surface area contributed by atoms with E-state index < -0.39 is 0 Å². The molecule has 2 N–H and O–H groups in total. The van der Waals surface area contributed by atoms with Crippen LogP contribution < -0.4 is 5.32 Å². The van der Waals surface area contributed by atoms with Gasteiger partial charge < -0.3 is 9.73 Å². The fourth-order valence-corrected chi connectivity index (χ4v) is 4.90. The van der Waals surface area contributed by atoms with Crippen molar-refractivity contribution >= 4 is 23.9 Å². The van der Waals surface area contributed by atoms with Gasteiger partial charge in [-0.3, -0.25) is 5.10 Å². The summed E-state index contributed by atoms with van der Waals surface area (Å²) in [5, 5.41) is 11.2. The van der Waals surface area contributed by atoms with Crippen LogP contribution in [0.25, 0.3) is 0 Å². The second-order valence-electron chi connectivity index (χ2n) is 9.96. The van der Waals surface area contributed by atoms with E-state index in [4.69, 9.17) is 21.8 Å². The minimum Gasteiger partial charge on any atom is -0.448 e. The van der Waals surface area contributed by atoms with Crippen LogP contribution in [0.2, 0.25) is 0 Å². The molecule has 7 heteroatoms. The highest BCUT2D eigenvalue weighted by atomic mass is 32.1. The summed E-state index contributed by atoms with van der Waals surface area (Å²) in [6.07, 6.45) is 6.10. The van der Waals surface area contributed by atoms with Gasteiger partial charge in [0.25, 0.3) is 12.4 Å². The molecule has 1 aliphatic carbocycles. The number of oxazole rings is 1. The summed E-state index contributed by atoms with van der Waals surface area (Å²) in [4.78, 5) is 4.78. The van der Waals surface area contributed by atoms with E-state index >= 15 is 0 Å². The Labute approximate surface area is 188 Å². The molecule has 0 amide bonds. The van der Waals surface area contributed by atoms with Gasteiger partial charge >= 0.3 is 0 Å². The zero-order chi connectivity index (χ0) is 21.6. The molecule has 162 valence electrons. The van der Waals surface area contributed by atoms with E-state index in [2.05, 4.69) is 60.6 Å². The van der Waals surface area contributed by atoms with Crippen LogP contribution in [-0.2, 0) is 30.8 Å².